The summed E-state index contributed by atoms with van der Waals surface area (Å²) in [6.45, 7) is 6.98. The number of phenols is 1. The van der Waals surface area contributed by atoms with Crippen LogP contribution in [-0.4, -0.2) is 44.6 Å². The van der Waals surface area contributed by atoms with Gasteiger partial charge in [-0.2, -0.15) is 5.10 Å². The highest BCUT2D eigenvalue weighted by Crippen LogP contribution is 2.34. The first-order valence-electron chi connectivity index (χ1n) is 10.0. The third-order valence-electron chi connectivity index (χ3n) is 5.30. The zero-order valence-corrected chi connectivity index (χ0v) is 17.1. The summed E-state index contributed by atoms with van der Waals surface area (Å²) in [4.78, 5) is 14.0. The number of aromatic nitrogens is 2. The van der Waals surface area contributed by atoms with E-state index in [1.54, 1.807) is 11.0 Å². The predicted octanol–water partition coefficient (Wildman–Crippen LogP) is 4.98. The number of hydrogen-bond donors (Lipinski definition) is 1. The summed E-state index contributed by atoms with van der Waals surface area (Å²) in [6, 6.07) is 11.8. The topological polar surface area (TPSA) is 67.6 Å². The number of fused-ring (bicyclic) bond motifs is 1. The van der Waals surface area contributed by atoms with Crippen LogP contribution in [-0.2, 0) is 4.74 Å². The summed E-state index contributed by atoms with van der Waals surface area (Å²) >= 11 is 0. The lowest BCUT2D eigenvalue weighted by Gasteiger charge is -2.33. The highest BCUT2D eigenvalue weighted by molar-refractivity contribution is 5.99. The van der Waals surface area contributed by atoms with Crippen LogP contribution in [0.25, 0.3) is 21.9 Å². The number of amides is 1. The number of aromatic hydroxyl groups is 1. The number of hydrogen-bond acceptors (Lipinski definition) is 4. The molecule has 1 aliphatic heterocycles. The first-order chi connectivity index (χ1) is 13.8. The lowest BCUT2D eigenvalue weighted by atomic mass is 10.00. The van der Waals surface area contributed by atoms with E-state index in [1.807, 2.05) is 62.0 Å². The monoisotopic (exact) mass is 393 g/mol. The maximum atomic E-state index is 12.3. The van der Waals surface area contributed by atoms with Gasteiger partial charge in [-0.15, -0.1) is 0 Å². The smallest absolute Gasteiger partial charge is 0.410 e. The standard InChI is InChI=1S/C23H27N3O3/c1-23(2,3)29-22(28)25-12-10-17(11-13-25)26-15-16(14-24-26)18-8-9-21(27)20-7-5-4-6-19(18)20/h4-9,14-15,17,27H,10-13H2,1-3H3. The van der Waals surface area contributed by atoms with Gasteiger partial charge in [0.2, 0.25) is 0 Å². The number of carbonyl (C=O) groups is 1. The second-order valence-electron chi connectivity index (χ2n) is 8.59. The summed E-state index contributed by atoms with van der Waals surface area (Å²) in [7, 11) is 0. The molecule has 1 aliphatic rings. The molecule has 1 N–H and O–H groups in total. The number of likely N-dealkylation sites (tertiary alicyclic amines) is 1. The molecule has 0 bridgehead atoms. The summed E-state index contributed by atoms with van der Waals surface area (Å²) in [5.74, 6) is 0.284. The minimum Gasteiger partial charge on any atom is -0.507 e. The van der Waals surface area contributed by atoms with E-state index in [1.165, 1.54) is 0 Å². The molecular weight excluding hydrogens is 366 g/mol. The van der Waals surface area contributed by atoms with Crippen LogP contribution in [0.4, 0.5) is 4.79 Å². The van der Waals surface area contributed by atoms with Crippen molar-refractivity contribution in [3.8, 4) is 16.9 Å². The van der Waals surface area contributed by atoms with E-state index < -0.39 is 5.60 Å². The Morgan fingerprint density at radius 2 is 1.79 bits per heavy atom. The molecule has 0 spiro atoms. The van der Waals surface area contributed by atoms with Gasteiger partial charge in [-0.05, 0) is 56.7 Å². The van der Waals surface area contributed by atoms with Gasteiger partial charge in [-0.25, -0.2) is 4.79 Å². The Kier molecular flexibility index (Phi) is 4.94. The van der Waals surface area contributed by atoms with Crippen molar-refractivity contribution in [1.82, 2.24) is 14.7 Å². The van der Waals surface area contributed by atoms with Crippen LogP contribution in [0.1, 0.15) is 39.7 Å². The first kappa shape index (κ1) is 19.3. The van der Waals surface area contributed by atoms with Gasteiger partial charge >= 0.3 is 6.09 Å². The number of piperidine rings is 1. The molecule has 0 aliphatic carbocycles. The molecule has 0 unspecified atom stereocenters. The minimum absolute atomic E-state index is 0.243. The van der Waals surface area contributed by atoms with Crippen molar-refractivity contribution in [2.75, 3.05) is 13.1 Å². The zero-order chi connectivity index (χ0) is 20.6. The minimum atomic E-state index is -0.474. The van der Waals surface area contributed by atoms with E-state index in [4.69, 9.17) is 4.74 Å². The first-order valence-corrected chi connectivity index (χ1v) is 10.0. The molecule has 29 heavy (non-hydrogen) atoms. The molecule has 3 aromatic rings. The predicted molar refractivity (Wildman–Crippen MR) is 113 cm³/mol. The van der Waals surface area contributed by atoms with E-state index in [0.29, 0.717) is 13.1 Å². The molecule has 4 rings (SSSR count). The van der Waals surface area contributed by atoms with Gasteiger partial charge in [0.15, 0.2) is 0 Å². The number of rotatable bonds is 2. The fraction of sp³-hybridized carbons (Fsp3) is 0.391. The van der Waals surface area contributed by atoms with E-state index >= 15 is 0 Å². The third kappa shape index (κ3) is 4.06. The second-order valence-corrected chi connectivity index (χ2v) is 8.59. The summed E-state index contributed by atoms with van der Waals surface area (Å²) in [5.41, 5.74) is 1.60. The molecule has 2 heterocycles. The Labute approximate surface area is 170 Å². The average Bonchev–Trinajstić information content (AvgIpc) is 3.17. The van der Waals surface area contributed by atoms with Crippen LogP contribution in [0.3, 0.4) is 0 Å². The normalized spacial score (nSPS) is 15.6. The average molecular weight is 393 g/mol. The van der Waals surface area contributed by atoms with Gasteiger partial charge in [-0.3, -0.25) is 4.68 Å². The lowest BCUT2D eigenvalue weighted by Crippen LogP contribution is -2.42. The number of carbonyl (C=O) groups excluding carboxylic acids is 1. The van der Waals surface area contributed by atoms with Crippen LogP contribution in [0.15, 0.2) is 48.8 Å². The molecule has 0 atom stereocenters. The maximum absolute atomic E-state index is 12.3. The van der Waals surface area contributed by atoms with Crippen molar-refractivity contribution in [2.45, 2.75) is 45.3 Å². The molecule has 0 saturated carbocycles. The molecule has 2 aromatic carbocycles. The van der Waals surface area contributed by atoms with Crippen LogP contribution in [0, 0.1) is 0 Å². The Morgan fingerprint density at radius 1 is 1.10 bits per heavy atom. The third-order valence-corrected chi connectivity index (χ3v) is 5.30. The van der Waals surface area contributed by atoms with E-state index in [2.05, 4.69) is 11.3 Å². The fourth-order valence-corrected chi connectivity index (χ4v) is 3.85. The Hall–Kier alpha value is -3.02. The Balaban J connectivity index is 1.49. The molecule has 152 valence electrons. The van der Waals surface area contributed by atoms with Gasteiger partial charge < -0.3 is 14.7 Å². The molecule has 6 nitrogen and oxygen atoms in total. The molecule has 1 saturated heterocycles. The van der Waals surface area contributed by atoms with Crippen molar-refractivity contribution in [2.24, 2.45) is 0 Å². The van der Waals surface area contributed by atoms with Crippen LogP contribution < -0.4 is 0 Å². The molecule has 1 aromatic heterocycles. The lowest BCUT2D eigenvalue weighted by molar-refractivity contribution is 0.0185. The highest BCUT2D eigenvalue weighted by Gasteiger charge is 2.28. The number of benzene rings is 2. The second kappa shape index (κ2) is 7.43. The van der Waals surface area contributed by atoms with Crippen molar-refractivity contribution >= 4 is 16.9 Å². The zero-order valence-electron chi connectivity index (χ0n) is 17.1. The summed E-state index contributed by atoms with van der Waals surface area (Å²) in [6.07, 6.45) is 5.38. The highest BCUT2D eigenvalue weighted by atomic mass is 16.6. The van der Waals surface area contributed by atoms with Crippen molar-refractivity contribution in [3.63, 3.8) is 0 Å². The SMILES string of the molecule is CC(C)(C)OC(=O)N1CCC(n2cc(-c3ccc(O)c4ccccc34)cn2)CC1. The van der Waals surface area contributed by atoms with Gasteiger partial charge in [0, 0.05) is 30.2 Å². The van der Waals surface area contributed by atoms with E-state index in [9.17, 15) is 9.90 Å². The molecular formula is C23H27N3O3. The number of ether oxygens (including phenoxy) is 1. The quantitative estimate of drug-likeness (QED) is 0.667. The van der Waals surface area contributed by atoms with Gasteiger partial charge in [0.25, 0.3) is 0 Å². The fourth-order valence-electron chi connectivity index (χ4n) is 3.85. The molecule has 0 radical (unpaired) electrons. The van der Waals surface area contributed by atoms with Gasteiger partial charge in [0.1, 0.15) is 11.4 Å². The Morgan fingerprint density at radius 3 is 2.48 bits per heavy atom. The molecule has 1 fully saturated rings. The van der Waals surface area contributed by atoms with Crippen LogP contribution >= 0.6 is 0 Å². The van der Waals surface area contributed by atoms with Gasteiger partial charge in [-0.1, -0.05) is 24.3 Å². The van der Waals surface area contributed by atoms with Crippen LogP contribution in [0.5, 0.6) is 5.75 Å². The number of phenolic OH excluding ortho intramolecular Hbond substituents is 1. The largest absolute Gasteiger partial charge is 0.507 e. The van der Waals surface area contributed by atoms with Crippen molar-refractivity contribution < 1.29 is 14.6 Å². The van der Waals surface area contributed by atoms with Crippen LogP contribution in [0.2, 0.25) is 0 Å². The molecule has 6 heteroatoms. The Bertz CT molecular complexity index is 1030. The maximum Gasteiger partial charge on any atom is 0.410 e. The summed E-state index contributed by atoms with van der Waals surface area (Å²) in [5, 5.41) is 16.6. The molecule has 1 amide bonds. The van der Waals surface area contributed by atoms with E-state index in [-0.39, 0.29) is 17.9 Å². The summed E-state index contributed by atoms with van der Waals surface area (Å²) < 4.78 is 7.48. The van der Waals surface area contributed by atoms with Gasteiger partial charge in [0.05, 0.1) is 12.2 Å². The van der Waals surface area contributed by atoms with Crippen molar-refractivity contribution in [1.29, 1.82) is 0 Å². The van der Waals surface area contributed by atoms with E-state index in [0.717, 1.165) is 34.7 Å². The number of nitrogens with zero attached hydrogens (tertiary/aromatic N) is 3. The van der Waals surface area contributed by atoms with Crippen molar-refractivity contribution in [3.05, 3.63) is 48.8 Å².